The second-order valence-electron chi connectivity index (χ2n) is 5.06. The minimum atomic E-state index is -0.731. The van der Waals surface area contributed by atoms with Crippen molar-refractivity contribution in [2.45, 2.75) is 31.6 Å². The predicted molar refractivity (Wildman–Crippen MR) is 66.8 cm³/mol. The summed E-state index contributed by atoms with van der Waals surface area (Å²) in [5, 5.41) is 10.1. The molecule has 1 unspecified atom stereocenters. The molecule has 1 aromatic rings. The van der Waals surface area contributed by atoms with E-state index < -0.39 is 5.97 Å². The Bertz CT molecular complexity index is 453. The molecular formula is C12H16N2O2S. The molecule has 0 aliphatic heterocycles. The Morgan fingerprint density at radius 1 is 1.53 bits per heavy atom. The highest BCUT2D eigenvalue weighted by Crippen LogP contribution is 2.40. The van der Waals surface area contributed by atoms with Gasteiger partial charge in [0.05, 0.1) is 5.69 Å². The van der Waals surface area contributed by atoms with Crippen molar-refractivity contribution in [3.05, 3.63) is 10.6 Å². The number of hydrogen-bond acceptors (Lipinski definition) is 4. The van der Waals surface area contributed by atoms with E-state index in [-0.39, 0.29) is 5.92 Å². The number of aromatic nitrogens is 1. The topological polar surface area (TPSA) is 53.4 Å². The van der Waals surface area contributed by atoms with Gasteiger partial charge in [0.1, 0.15) is 5.92 Å². The molecule has 4 nitrogen and oxygen atoms in total. The summed E-state index contributed by atoms with van der Waals surface area (Å²) in [6, 6.07) is 0. The van der Waals surface area contributed by atoms with Crippen LogP contribution in [0.3, 0.4) is 0 Å². The maximum absolute atomic E-state index is 11.1. The van der Waals surface area contributed by atoms with Gasteiger partial charge in [-0.3, -0.25) is 4.79 Å². The first-order chi connectivity index (χ1) is 8.15. The molecule has 17 heavy (non-hydrogen) atoms. The number of rotatable bonds is 4. The molecule has 2 aliphatic rings. The highest BCUT2D eigenvalue weighted by molar-refractivity contribution is 7.15. The molecule has 3 rings (SSSR count). The molecule has 0 amide bonds. The van der Waals surface area contributed by atoms with Crippen molar-refractivity contribution in [1.82, 2.24) is 4.98 Å². The van der Waals surface area contributed by atoms with Gasteiger partial charge < -0.3 is 10.0 Å². The van der Waals surface area contributed by atoms with Crippen molar-refractivity contribution < 1.29 is 9.90 Å². The molecule has 5 heteroatoms. The van der Waals surface area contributed by atoms with Crippen LogP contribution in [-0.4, -0.2) is 29.7 Å². The molecule has 0 spiro atoms. The quantitative estimate of drug-likeness (QED) is 0.891. The zero-order valence-electron chi connectivity index (χ0n) is 9.85. The Hall–Kier alpha value is -1.10. The first-order valence-electron chi connectivity index (χ1n) is 6.08. The summed E-state index contributed by atoms with van der Waals surface area (Å²) in [5.74, 6) is -0.274. The van der Waals surface area contributed by atoms with Crippen molar-refractivity contribution in [3.63, 3.8) is 0 Å². The molecule has 0 saturated heterocycles. The van der Waals surface area contributed by atoms with Crippen molar-refractivity contribution in [3.8, 4) is 0 Å². The van der Waals surface area contributed by atoms with E-state index in [1.54, 1.807) is 11.3 Å². The standard InChI is InChI=1S/C12H16N2O2S/c1-14(6-7-2-3-7)12-13-10-8(11(15)16)4-5-9(10)17-12/h7-8H,2-6H2,1H3,(H,15,16). The van der Waals surface area contributed by atoms with Crippen LogP contribution in [0.2, 0.25) is 0 Å². The summed E-state index contributed by atoms with van der Waals surface area (Å²) in [6.07, 6.45) is 4.25. The second kappa shape index (κ2) is 3.98. The lowest BCUT2D eigenvalue weighted by Gasteiger charge is -2.15. The SMILES string of the molecule is CN(CC1CC1)c1nc2c(s1)CCC2C(=O)O. The number of aryl methyl sites for hydroxylation is 1. The Morgan fingerprint density at radius 3 is 2.94 bits per heavy atom. The van der Waals surface area contributed by atoms with E-state index in [1.807, 2.05) is 0 Å². The highest BCUT2D eigenvalue weighted by Gasteiger charge is 2.33. The van der Waals surface area contributed by atoms with Crippen molar-refractivity contribution in [2.24, 2.45) is 5.92 Å². The van der Waals surface area contributed by atoms with Crippen LogP contribution >= 0.6 is 11.3 Å². The maximum atomic E-state index is 11.1. The van der Waals surface area contributed by atoms with E-state index in [0.717, 1.165) is 36.1 Å². The van der Waals surface area contributed by atoms with Gasteiger partial charge in [-0.1, -0.05) is 0 Å². The number of nitrogens with zero attached hydrogens (tertiary/aromatic N) is 2. The molecule has 1 aromatic heterocycles. The van der Waals surface area contributed by atoms with Crippen LogP contribution in [0.15, 0.2) is 0 Å². The molecule has 0 radical (unpaired) electrons. The summed E-state index contributed by atoms with van der Waals surface area (Å²) in [4.78, 5) is 19.0. The van der Waals surface area contributed by atoms with Gasteiger partial charge in [0.2, 0.25) is 0 Å². The molecule has 2 aliphatic carbocycles. The first kappa shape index (κ1) is 11.0. The fraction of sp³-hybridized carbons (Fsp3) is 0.667. The Morgan fingerprint density at radius 2 is 2.29 bits per heavy atom. The lowest BCUT2D eigenvalue weighted by atomic mass is 10.1. The normalized spacial score (nSPS) is 22.5. The third-order valence-corrected chi connectivity index (χ3v) is 4.81. The van der Waals surface area contributed by atoms with Crippen LogP contribution in [0, 0.1) is 5.92 Å². The first-order valence-corrected chi connectivity index (χ1v) is 6.90. The Labute approximate surface area is 104 Å². The lowest BCUT2D eigenvalue weighted by molar-refractivity contribution is -0.138. The largest absolute Gasteiger partial charge is 0.481 e. The van der Waals surface area contributed by atoms with Crippen LogP contribution in [0.4, 0.5) is 5.13 Å². The molecule has 1 heterocycles. The summed E-state index contributed by atoms with van der Waals surface area (Å²) < 4.78 is 0. The van der Waals surface area contributed by atoms with Crippen LogP contribution in [0.25, 0.3) is 0 Å². The molecule has 0 bridgehead atoms. The van der Waals surface area contributed by atoms with E-state index in [2.05, 4.69) is 16.9 Å². The van der Waals surface area contributed by atoms with Gasteiger partial charge in [0, 0.05) is 18.5 Å². The van der Waals surface area contributed by atoms with Gasteiger partial charge in [-0.15, -0.1) is 11.3 Å². The molecule has 0 aromatic carbocycles. The highest BCUT2D eigenvalue weighted by atomic mass is 32.1. The van der Waals surface area contributed by atoms with E-state index >= 15 is 0 Å². The average Bonchev–Trinajstić information content (AvgIpc) is 2.84. The van der Waals surface area contributed by atoms with E-state index in [1.165, 1.54) is 17.7 Å². The van der Waals surface area contributed by atoms with Gasteiger partial charge in [-0.2, -0.15) is 0 Å². The minimum absolute atomic E-state index is 0.371. The van der Waals surface area contributed by atoms with E-state index in [4.69, 9.17) is 5.11 Å². The third kappa shape index (κ3) is 2.04. The van der Waals surface area contributed by atoms with Crippen LogP contribution < -0.4 is 4.90 Å². The van der Waals surface area contributed by atoms with Crippen molar-refractivity contribution >= 4 is 22.4 Å². The molecule has 1 atom stereocenters. The van der Waals surface area contributed by atoms with Gasteiger partial charge in [0.25, 0.3) is 0 Å². The van der Waals surface area contributed by atoms with Crippen LogP contribution in [0.1, 0.15) is 35.8 Å². The number of anilines is 1. The summed E-state index contributed by atoms with van der Waals surface area (Å²) in [6.45, 7) is 1.06. The third-order valence-electron chi connectivity index (χ3n) is 3.56. The average molecular weight is 252 g/mol. The van der Waals surface area contributed by atoms with Crippen molar-refractivity contribution in [2.75, 3.05) is 18.5 Å². The summed E-state index contributed by atoms with van der Waals surface area (Å²) in [5.41, 5.74) is 0.820. The second-order valence-corrected chi connectivity index (χ2v) is 6.12. The van der Waals surface area contributed by atoms with Gasteiger partial charge in [0.15, 0.2) is 5.13 Å². The number of carboxylic acid groups (broad SMARTS) is 1. The smallest absolute Gasteiger partial charge is 0.312 e. The molecular weight excluding hydrogens is 236 g/mol. The molecule has 1 saturated carbocycles. The van der Waals surface area contributed by atoms with Gasteiger partial charge >= 0.3 is 5.97 Å². The Balaban J connectivity index is 1.79. The van der Waals surface area contributed by atoms with Crippen LogP contribution in [-0.2, 0) is 11.2 Å². The Kier molecular flexibility index (Phi) is 2.58. The molecule has 92 valence electrons. The molecule has 1 fully saturated rings. The number of fused-ring (bicyclic) bond motifs is 1. The van der Waals surface area contributed by atoms with E-state index in [9.17, 15) is 4.79 Å². The maximum Gasteiger partial charge on any atom is 0.312 e. The molecule has 1 N–H and O–H groups in total. The van der Waals surface area contributed by atoms with Gasteiger partial charge in [-0.05, 0) is 31.6 Å². The number of aliphatic carboxylic acids is 1. The zero-order chi connectivity index (χ0) is 12.0. The monoisotopic (exact) mass is 252 g/mol. The number of carbonyl (C=O) groups is 1. The number of thiazole rings is 1. The van der Waals surface area contributed by atoms with Crippen molar-refractivity contribution in [1.29, 1.82) is 0 Å². The minimum Gasteiger partial charge on any atom is -0.481 e. The predicted octanol–water partition coefficient (Wildman–Crippen LogP) is 2.10. The lowest BCUT2D eigenvalue weighted by Crippen LogP contribution is -2.20. The fourth-order valence-electron chi connectivity index (χ4n) is 2.38. The van der Waals surface area contributed by atoms with E-state index in [0.29, 0.717) is 0 Å². The fourth-order valence-corrected chi connectivity index (χ4v) is 3.49. The number of carboxylic acids is 1. The summed E-state index contributed by atoms with van der Waals surface area (Å²) >= 11 is 1.67. The van der Waals surface area contributed by atoms with Crippen LogP contribution in [0.5, 0.6) is 0 Å². The zero-order valence-corrected chi connectivity index (χ0v) is 10.7. The summed E-state index contributed by atoms with van der Waals surface area (Å²) in [7, 11) is 2.06. The van der Waals surface area contributed by atoms with Gasteiger partial charge in [-0.25, -0.2) is 4.98 Å². The number of hydrogen-bond donors (Lipinski definition) is 1.